The maximum Gasteiger partial charge on any atom is 0.0379 e. The molecule has 0 spiro atoms. The molecule has 0 fully saturated rings. The fourth-order valence-corrected chi connectivity index (χ4v) is 5.81. The highest BCUT2D eigenvalue weighted by molar-refractivity contribution is 5.95. The lowest BCUT2D eigenvalue weighted by Crippen LogP contribution is -2.02. The Morgan fingerprint density at radius 2 is 1.06 bits per heavy atom. The lowest BCUT2D eigenvalue weighted by Gasteiger charge is -2.20. The minimum absolute atomic E-state index is 0.930. The first kappa shape index (κ1) is 23.2. The van der Waals surface area contributed by atoms with Crippen molar-refractivity contribution in [3.63, 3.8) is 0 Å². The summed E-state index contributed by atoms with van der Waals surface area (Å²) in [7, 11) is 0. The van der Waals surface area contributed by atoms with E-state index < -0.39 is 0 Å². The summed E-state index contributed by atoms with van der Waals surface area (Å²) in [6, 6.07) is 22.8. The number of benzene rings is 4. The summed E-state index contributed by atoms with van der Waals surface area (Å²) in [5, 5.41) is 0. The van der Waals surface area contributed by atoms with Crippen molar-refractivity contribution in [2.24, 2.45) is 0 Å². The van der Waals surface area contributed by atoms with Gasteiger partial charge in [-0.25, -0.2) is 0 Å². The summed E-state index contributed by atoms with van der Waals surface area (Å²) in [4.78, 5) is 0. The Kier molecular flexibility index (Phi) is 6.15. The summed E-state index contributed by atoms with van der Waals surface area (Å²) in [5.74, 6) is 0. The number of nitrogens with two attached hydrogens (primary N) is 2. The van der Waals surface area contributed by atoms with Gasteiger partial charge in [0.15, 0.2) is 0 Å². The second-order valence-corrected chi connectivity index (χ2v) is 9.68. The number of aryl methyl sites for hydroxylation is 4. The molecule has 4 aromatic carbocycles. The molecule has 2 heteroatoms. The van der Waals surface area contributed by atoms with Crippen molar-refractivity contribution in [2.45, 2.75) is 59.8 Å². The first-order valence-corrected chi connectivity index (χ1v) is 13.1. The Labute approximate surface area is 210 Å². The van der Waals surface area contributed by atoms with Gasteiger partial charge in [-0.05, 0) is 123 Å². The van der Waals surface area contributed by atoms with Gasteiger partial charge in [-0.3, -0.25) is 0 Å². The van der Waals surface area contributed by atoms with Crippen LogP contribution in [0.2, 0.25) is 0 Å². The minimum Gasteiger partial charge on any atom is -0.398 e. The molecule has 0 atom stereocenters. The third-order valence-corrected chi connectivity index (χ3v) is 7.81. The molecule has 35 heavy (non-hydrogen) atoms. The molecular weight excluding hydrogens is 424 g/mol. The van der Waals surface area contributed by atoms with E-state index in [0.29, 0.717) is 0 Å². The molecule has 0 bridgehead atoms. The minimum atomic E-state index is 0.930. The Hall–Kier alpha value is -3.52. The van der Waals surface area contributed by atoms with Crippen LogP contribution < -0.4 is 11.5 Å². The summed E-state index contributed by atoms with van der Waals surface area (Å²) in [5.41, 5.74) is 30.6. The molecule has 0 unspecified atom stereocenters. The number of anilines is 2. The molecule has 4 N–H and O–H groups in total. The fraction of sp³-hybridized carbons (Fsp3) is 0.273. The van der Waals surface area contributed by atoms with Gasteiger partial charge >= 0.3 is 0 Å². The van der Waals surface area contributed by atoms with Crippen LogP contribution in [0.25, 0.3) is 33.4 Å². The second-order valence-electron chi connectivity index (χ2n) is 9.68. The quantitative estimate of drug-likeness (QED) is 0.252. The molecule has 5 rings (SSSR count). The van der Waals surface area contributed by atoms with E-state index in [2.05, 4.69) is 88.4 Å². The Morgan fingerprint density at radius 3 is 1.60 bits per heavy atom. The standard InChI is InChI=1S/C33H36N2/c1-5-20-15-25(16-21(6-2)32(20)34)28-13-14-29-27-12-10-9-11-24(27)19-30(29)31(28)26-17-22(7-3)33(35)23(8-4)18-26/h9-18H,5-8,19,34-35H2,1-4H3. The number of hydrogen-bond donors (Lipinski definition) is 2. The Balaban J connectivity index is 1.84. The predicted molar refractivity (Wildman–Crippen MR) is 152 cm³/mol. The zero-order valence-corrected chi connectivity index (χ0v) is 21.5. The van der Waals surface area contributed by atoms with E-state index >= 15 is 0 Å². The van der Waals surface area contributed by atoms with E-state index in [1.165, 1.54) is 66.8 Å². The van der Waals surface area contributed by atoms with Crippen molar-refractivity contribution < 1.29 is 0 Å². The third kappa shape index (κ3) is 3.82. The molecular formula is C33H36N2. The lowest BCUT2D eigenvalue weighted by molar-refractivity contribution is 1.09. The van der Waals surface area contributed by atoms with Crippen LogP contribution in [0.1, 0.15) is 61.1 Å². The Morgan fingerprint density at radius 1 is 0.571 bits per heavy atom. The normalized spacial score (nSPS) is 12.0. The second kappa shape index (κ2) is 9.26. The molecule has 0 amide bonds. The van der Waals surface area contributed by atoms with Gasteiger partial charge in [0.2, 0.25) is 0 Å². The lowest BCUT2D eigenvalue weighted by atomic mass is 9.84. The largest absolute Gasteiger partial charge is 0.398 e. The van der Waals surface area contributed by atoms with Crippen molar-refractivity contribution in [2.75, 3.05) is 11.5 Å². The van der Waals surface area contributed by atoms with E-state index in [1.54, 1.807) is 0 Å². The summed E-state index contributed by atoms with van der Waals surface area (Å²) < 4.78 is 0. The van der Waals surface area contributed by atoms with Crippen molar-refractivity contribution in [3.8, 4) is 33.4 Å². The smallest absolute Gasteiger partial charge is 0.0379 e. The molecule has 0 saturated heterocycles. The SMILES string of the molecule is CCc1cc(-c2ccc3c(c2-c2cc(CC)c(N)c(CC)c2)Cc2ccccc2-3)cc(CC)c1N. The van der Waals surface area contributed by atoms with Crippen LogP contribution in [-0.4, -0.2) is 0 Å². The van der Waals surface area contributed by atoms with E-state index in [4.69, 9.17) is 11.5 Å². The van der Waals surface area contributed by atoms with E-state index in [-0.39, 0.29) is 0 Å². The van der Waals surface area contributed by atoms with Gasteiger partial charge in [-0.1, -0.05) is 64.1 Å². The van der Waals surface area contributed by atoms with E-state index in [0.717, 1.165) is 43.5 Å². The zero-order valence-electron chi connectivity index (χ0n) is 21.5. The highest BCUT2D eigenvalue weighted by Gasteiger charge is 2.25. The van der Waals surface area contributed by atoms with Crippen LogP contribution in [0.4, 0.5) is 11.4 Å². The zero-order chi connectivity index (χ0) is 24.7. The summed E-state index contributed by atoms with van der Waals surface area (Å²) in [6.45, 7) is 8.77. The highest BCUT2D eigenvalue weighted by Crippen LogP contribution is 2.47. The molecule has 4 aromatic rings. The van der Waals surface area contributed by atoms with Gasteiger partial charge < -0.3 is 11.5 Å². The topological polar surface area (TPSA) is 52.0 Å². The molecule has 0 heterocycles. The predicted octanol–water partition coefficient (Wildman–Crippen LogP) is 8.01. The van der Waals surface area contributed by atoms with Crippen molar-refractivity contribution in [1.82, 2.24) is 0 Å². The van der Waals surface area contributed by atoms with Crippen LogP contribution in [0.15, 0.2) is 60.7 Å². The van der Waals surface area contributed by atoms with Gasteiger partial charge in [0, 0.05) is 11.4 Å². The maximum atomic E-state index is 6.56. The monoisotopic (exact) mass is 460 g/mol. The van der Waals surface area contributed by atoms with Crippen molar-refractivity contribution >= 4 is 11.4 Å². The van der Waals surface area contributed by atoms with Gasteiger partial charge in [-0.2, -0.15) is 0 Å². The van der Waals surface area contributed by atoms with Crippen LogP contribution in [0.5, 0.6) is 0 Å². The maximum absolute atomic E-state index is 6.56. The van der Waals surface area contributed by atoms with E-state index in [1.807, 2.05) is 0 Å². The van der Waals surface area contributed by atoms with Gasteiger partial charge in [-0.15, -0.1) is 0 Å². The summed E-state index contributed by atoms with van der Waals surface area (Å²) >= 11 is 0. The molecule has 0 aliphatic heterocycles. The number of fused-ring (bicyclic) bond motifs is 3. The van der Waals surface area contributed by atoms with Crippen molar-refractivity contribution in [1.29, 1.82) is 0 Å². The molecule has 1 aliphatic carbocycles. The van der Waals surface area contributed by atoms with Gasteiger partial charge in [0.25, 0.3) is 0 Å². The van der Waals surface area contributed by atoms with Crippen LogP contribution in [0.3, 0.4) is 0 Å². The summed E-state index contributed by atoms with van der Waals surface area (Å²) in [6.07, 6.45) is 4.68. The fourth-order valence-electron chi connectivity index (χ4n) is 5.81. The number of nitrogen functional groups attached to an aromatic ring is 2. The van der Waals surface area contributed by atoms with E-state index in [9.17, 15) is 0 Å². The number of hydrogen-bond acceptors (Lipinski definition) is 2. The first-order valence-electron chi connectivity index (χ1n) is 13.1. The number of rotatable bonds is 6. The van der Waals surface area contributed by atoms with Crippen LogP contribution >= 0.6 is 0 Å². The Bertz CT molecular complexity index is 1380. The molecule has 178 valence electrons. The van der Waals surface area contributed by atoms with Crippen LogP contribution in [-0.2, 0) is 32.1 Å². The van der Waals surface area contributed by atoms with Crippen LogP contribution in [0, 0.1) is 0 Å². The molecule has 0 aromatic heterocycles. The first-order chi connectivity index (χ1) is 17.0. The van der Waals surface area contributed by atoms with Gasteiger partial charge in [0.05, 0.1) is 0 Å². The third-order valence-electron chi connectivity index (χ3n) is 7.81. The highest BCUT2D eigenvalue weighted by atomic mass is 14.6. The molecule has 0 saturated carbocycles. The molecule has 0 radical (unpaired) electrons. The van der Waals surface area contributed by atoms with Crippen molar-refractivity contribution in [3.05, 3.63) is 94.0 Å². The average molecular weight is 461 g/mol. The molecule has 1 aliphatic rings. The molecule has 2 nitrogen and oxygen atoms in total. The van der Waals surface area contributed by atoms with Gasteiger partial charge in [0.1, 0.15) is 0 Å². The average Bonchev–Trinajstić information content (AvgIpc) is 3.27.